The first-order chi connectivity index (χ1) is 13.0. The third kappa shape index (κ3) is 4.75. The van der Waals surface area contributed by atoms with Crippen LogP contribution in [0.5, 0.6) is 0 Å². The highest BCUT2D eigenvalue weighted by Crippen LogP contribution is 2.19. The Balaban J connectivity index is 1.52. The molecule has 140 valence electrons. The highest BCUT2D eigenvalue weighted by atomic mass is 16.5. The summed E-state index contributed by atoms with van der Waals surface area (Å²) in [5, 5.41) is 4.03. The van der Waals surface area contributed by atoms with Gasteiger partial charge in [-0.3, -0.25) is 4.79 Å². The zero-order chi connectivity index (χ0) is 19.2. The van der Waals surface area contributed by atoms with Crippen LogP contribution in [0.25, 0.3) is 11.4 Å². The maximum Gasteiger partial charge on any atom is 0.226 e. The van der Waals surface area contributed by atoms with Crippen LogP contribution in [-0.4, -0.2) is 38.0 Å². The monoisotopic (exact) mass is 365 g/mol. The summed E-state index contributed by atoms with van der Waals surface area (Å²) in [7, 11) is 1.79. The van der Waals surface area contributed by atoms with Crippen LogP contribution in [0.4, 0.5) is 0 Å². The maximum atomic E-state index is 12.4. The van der Waals surface area contributed by atoms with Crippen molar-refractivity contribution in [2.45, 2.75) is 39.2 Å². The van der Waals surface area contributed by atoms with Gasteiger partial charge in [0.15, 0.2) is 0 Å². The molecule has 0 aliphatic heterocycles. The van der Waals surface area contributed by atoms with Crippen LogP contribution in [0.2, 0.25) is 0 Å². The summed E-state index contributed by atoms with van der Waals surface area (Å²) < 4.78 is 5.32. The number of carbonyl (C=O) groups is 1. The SMILES string of the molecule is Cc1cccc(-c2noc(CCCC(=O)N(C)[C@H](C)c3ccncn3)n2)c1. The first kappa shape index (κ1) is 18.7. The second-order valence-electron chi connectivity index (χ2n) is 6.55. The Kier molecular flexibility index (Phi) is 5.90. The molecule has 0 saturated heterocycles. The van der Waals surface area contributed by atoms with E-state index in [1.807, 2.05) is 44.2 Å². The largest absolute Gasteiger partial charge is 0.339 e. The quantitative estimate of drug-likeness (QED) is 0.638. The third-order valence-corrected chi connectivity index (χ3v) is 4.53. The zero-order valence-corrected chi connectivity index (χ0v) is 15.8. The first-order valence-electron chi connectivity index (χ1n) is 8.96. The van der Waals surface area contributed by atoms with E-state index in [4.69, 9.17) is 4.52 Å². The molecule has 0 saturated carbocycles. The lowest BCUT2D eigenvalue weighted by Crippen LogP contribution is -2.30. The van der Waals surface area contributed by atoms with E-state index in [1.165, 1.54) is 6.33 Å². The number of aromatic nitrogens is 4. The number of hydrogen-bond donors (Lipinski definition) is 0. The summed E-state index contributed by atoms with van der Waals surface area (Å²) in [5.74, 6) is 1.18. The minimum absolute atomic E-state index is 0.0551. The molecular weight excluding hydrogens is 342 g/mol. The Morgan fingerprint density at radius 3 is 2.89 bits per heavy atom. The zero-order valence-electron chi connectivity index (χ0n) is 15.8. The fraction of sp³-hybridized carbons (Fsp3) is 0.350. The molecule has 0 unspecified atom stereocenters. The summed E-state index contributed by atoms with van der Waals surface area (Å²) in [6.45, 7) is 3.97. The molecule has 7 heteroatoms. The van der Waals surface area contributed by atoms with Gasteiger partial charge in [0.1, 0.15) is 6.33 Å². The molecule has 0 bridgehead atoms. The Labute approximate surface area is 158 Å². The highest BCUT2D eigenvalue weighted by molar-refractivity contribution is 5.76. The Morgan fingerprint density at radius 2 is 2.15 bits per heavy atom. The second kappa shape index (κ2) is 8.53. The number of rotatable bonds is 7. The Bertz CT molecular complexity index is 894. The molecule has 0 spiro atoms. The van der Waals surface area contributed by atoms with Crippen molar-refractivity contribution in [3.63, 3.8) is 0 Å². The normalized spacial score (nSPS) is 12.0. The van der Waals surface area contributed by atoms with Crippen LogP contribution in [0.1, 0.15) is 43.0 Å². The molecule has 2 aromatic heterocycles. The molecule has 27 heavy (non-hydrogen) atoms. The van der Waals surface area contributed by atoms with E-state index in [9.17, 15) is 4.79 Å². The molecule has 2 heterocycles. The van der Waals surface area contributed by atoms with Crippen molar-refractivity contribution in [2.75, 3.05) is 7.05 Å². The Hall–Kier alpha value is -3.09. The molecule has 1 aromatic carbocycles. The van der Waals surface area contributed by atoms with Crippen molar-refractivity contribution in [3.8, 4) is 11.4 Å². The fourth-order valence-corrected chi connectivity index (χ4v) is 2.79. The fourth-order valence-electron chi connectivity index (χ4n) is 2.79. The summed E-state index contributed by atoms with van der Waals surface area (Å²) in [4.78, 5) is 26.7. The minimum Gasteiger partial charge on any atom is -0.339 e. The summed E-state index contributed by atoms with van der Waals surface area (Å²) in [6.07, 6.45) is 4.80. The van der Waals surface area contributed by atoms with Crippen molar-refractivity contribution in [1.82, 2.24) is 25.0 Å². The number of benzene rings is 1. The smallest absolute Gasteiger partial charge is 0.226 e. The van der Waals surface area contributed by atoms with E-state index in [0.29, 0.717) is 31.0 Å². The van der Waals surface area contributed by atoms with E-state index in [-0.39, 0.29) is 11.9 Å². The lowest BCUT2D eigenvalue weighted by atomic mass is 10.1. The average molecular weight is 365 g/mol. The van der Waals surface area contributed by atoms with E-state index in [1.54, 1.807) is 18.1 Å². The standard InChI is InChI=1S/C20H23N5O2/c1-14-6-4-7-16(12-14)20-23-18(27-24-20)8-5-9-19(26)25(3)15(2)17-10-11-21-13-22-17/h4,6-7,10-13,15H,5,8-9H2,1-3H3/t15-/m1/s1. The molecule has 0 aliphatic rings. The summed E-state index contributed by atoms with van der Waals surface area (Å²) in [6, 6.07) is 9.68. The van der Waals surface area contributed by atoms with Crippen LogP contribution in [-0.2, 0) is 11.2 Å². The van der Waals surface area contributed by atoms with Gasteiger partial charge in [0.05, 0.1) is 11.7 Å². The van der Waals surface area contributed by atoms with Crippen molar-refractivity contribution >= 4 is 5.91 Å². The van der Waals surface area contributed by atoms with Gasteiger partial charge in [-0.1, -0.05) is 28.9 Å². The Morgan fingerprint density at radius 1 is 1.30 bits per heavy atom. The molecule has 1 atom stereocenters. The number of hydrogen-bond acceptors (Lipinski definition) is 6. The van der Waals surface area contributed by atoms with E-state index in [0.717, 1.165) is 16.8 Å². The van der Waals surface area contributed by atoms with Crippen molar-refractivity contribution in [3.05, 3.63) is 60.0 Å². The summed E-state index contributed by atoms with van der Waals surface area (Å²) in [5.41, 5.74) is 2.89. The van der Waals surface area contributed by atoms with E-state index >= 15 is 0 Å². The van der Waals surface area contributed by atoms with Gasteiger partial charge in [0.25, 0.3) is 0 Å². The lowest BCUT2D eigenvalue weighted by Gasteiger charge is -2.24. The van der Waals surface area contributed by atoms with Gasteiger partial charge < -0.3 is 9.42 Å². The van der Waals surface area contributed by atoms with Crippen LogP contribution in [0, 0.1) is 6.92 Å². The van der Waals surface area contributed by atoms with Crippen molar-refractivity contribution < 1.29 is 9.32 Å². The minimum atomic E-state index is -0.100. The molecule has 0 fully saturated rings. The molecule has 1 amide bonds. The average Bonchev–Trinajstić information content (AvgIpc) is 3.16. The molecule has 0 aliphatic carbocycles. The second-order valence-corrected chi connectivity index (χ2v) is 6.55. The van der Waals surface area contributed by atoms with Crippen LogP contribution in [0.3, 0.4) is 0 Å². The van der Waals surface area contributed by atoms with Gasteiger partial charge in [-0.05, 0) is 32.4 Å². The predicted octanol–water partition coefficient (Wildman–Crippen LogP) is 3.38. The number of amides is 1. The molecular formula is C20H23N5O2. The molecule has 3 rings (SSSR count). The van der Waals surface area contributed by atoms with Crippen molar-refractivity contribution in [2.24, 2.45) is 0 Å². The van der Waals surface area contributed by atoms with Gasteiger partial charge in [0.2, 0.25) is 17.6 Å². The molecule has 0 N–H and O–H groups in total. The topological polar surface area (TPSA) is 85.0 Å². The first-order valence-corrected chi connectivity index (χ1v) is 8.96. The molecule has 0 radical (unpaired) electrons. The van der Waals surface area contributed by atoms with Crippen LogP contribution < -0.4 is 0 Å². The van der Waals surface area contributed by atoms with Crippen LogP contribution in [0.15, 0.2) is 47.4 Å². The van der Waals surface area contributed by atoms with Gasteiger partial charge in [-0.15, -0.1) is 0 Å². The van der Waals surface area contributed by atoms with Gasteiger partial charge in [0, 0.05) is 31.6 Å². The molecule has 3 aromatic rings. The third-order valence-electron chi connectivity index (χ3n) is 4.53. The number of nitrogens with zero attached hydrogens (tertiary/aromatic N) is 5. The molecule has 7 nitrogen and oxygen atoms in total. The van der Waals surface area contributed by atoms with E-state index < -0.39 is 0 Å². The number of aryl methyl sites for hydroxylation is 2. The maximum absolute atomic E-state index is 12.4. The highest BCUT2D eigenvalue weighted by Gasteiger charge is 2.18. The summed E-state index contributed by atoms with van der Waals surface area (Å²) >= 11 is 0. The van der Waals surface area contributed by atoms with Gasteiger partial charge in [-0.25, -0.2) is 9.97 Å². The van der Waals surface area contributed by atoms with Gasteiger partial charge >= 0.3 is 0 Å². The van der Waals surface area contributed by atoms with Crippen LogP contribution >= 0.6 is 0 Å². The number of carbonyl (C=O) groups excluding carboxylic acids is 1. The van der Waals surface area contributed by atoms with Crippen molar-refractivity contribution in [1.29, 1.82) is 0 Å². The lowest BCUT2D eigenvalue weighted by molar-refractivity contribution is -0.132. The van der Waals surface area contributed by atoms with E-state index in [2.05, 4.69) is 20.1 Å². The predicted molar refractivity (Wildman–Crippen MR) is 101 cm³/mol. The van der Waals surface area contributed by atoms with Gasteiger partial charge in [-0.2, -0.15) is 4.98 Å².